The van der Waals surface area contributed by atoms with Crippen LogP contribution in [0.3, 0.4) is 0 Å². The Balaban J connectivity index is 1.24. The Labute approximate surface area is 209 Å². The molecule has 1 aromatic heterocycles. The summed E-state index contributed by atoms with van der Waals surface area (Å²) in [5, 5.41) is 17.1. The summed E-state index contributed by atoms with van der Waals surface area (Å²) in [6.45, 7) is 0.185. The third-order valence-electron chi connectivity index (χ3n) is 7.58. The van der Waals surface area contributed by atoms with Crippen molar-refractivity contribution in [2.24, 2.45) is 5.92 Å². The van der Waals surface area contributed by atoms with Crippen molar-refractivity contribution in [2.75, 3.05) is 0 Å². The molecule has 0 radical (unpaired) electrons. The van der Waals surface area contributed by atoms with Crippen molar-refractivity contribution < 1.29 is 9.59 Å². The van der Waals surface area contributed by atoms with Crippen molar-refractivity contribution in [3.8, 4) is 5.69 Å². The molecular weight excluding hydrogens is 452 g/mol. The Bertz CT molecular complexity index is 1400. The first-order chi connectivity index (χ1) is 17.7. The smallest absolute Gasteiger partial charge is 0.254 e. The predicted molar refractivity (Wildman–Crippen MR) is 135 cm³/mol. The van der Waals surface area contributed by atoms with Crippen LogP contribution >= 0.6 is 0 Å². The number of nitrogens with zero attached hydrogens (tertiary/aromatic N) is 5. The van der Waals surface area contributed by atoms with Gasteiger partial charge >= 0.3 is 0 Å². The standard InChI is InChI=1S/C28H28N6O2/c35-27(29-18-26-30-31-32-34(26)23-11-2-1-3-12-23)25-17-21-10-6-7-13-24(21)33(25)28(36)22-15-14-19-8-4-5-9-20(19)16-22/h1-5,8-9,11-12,14-16,21,24-25H,6-7,10,13,17-18H2,(H,29,35)/t21-,24-,25-/m0/s1. The molecule has 1 saturated carbocycles. The molecule has 0 unspecified atom stereocenters. The number of benzene rings is 3. The van der Waals surface area contributed by atoms with Crippen molar-refractivity contribution >= 4 is 22.6 Å². The maximum absolute atomic E-state index is 13.8. The summed E-state index contributed by atoms with van der Waals surface area (Å²) in [6, 6.07) is 23.0. The van der Waals surface area contributed by atoms with Gasteiger partial charge < -0.3 is 10.2 Å². The molecule has 2 amide bonds. The summed E-state index contributed by atoms with van der Waals surface area (Å²) in [7, 11) is 0. The van der Waals surface area contributed by atoms with Gasteiger partial charge in [0.05, 0.1) is 12.2 Å². The quantitative estimate of drug-likeness (QED) is 0.468. The normalized spacial score (nSPS) is 21.3. The van der Waals surface area contributed by atoms with Crippen LogP contribution in [0.2, 0.25) is 0 Å². The first kappa shape index (κ1) is 22.4. The molecule has 8 heteroatoms. The molecule has 8 nitrogen and oxygen atoms in total. The number of nitrogens with one attached hydrogen (secondary N) is 1. The van der Waals surface area contributed by atoms with Gasteiger partial charge in [0.2, 0.25) is 5.91 Å². The number of likely N-dealkylation sites (tertiary alicyclic amines) is 1. The number of fused-ring (bicyclic) bond motifs is 2. The Morgan fingerprint density at radius 2 is 1.69 bits per heavy atom. The molecule has 1 saturated heterocycles. The summed E-state index contributed by atoms with van der Waals surface area (Å²) in [6.07, 6.45) is 4.93. The lowest BCUT2D eigenvalue weighted by atomic mass is 9.84. The van der Waals surface area contributed by atoms with Gasteiger partial charge in [0.1, 0.15) is 6.04 Å². The number of rotatable bonds is 5. The molecule has 0 spiro atoms. The van der Waals surface area contributed by atoms with E-state index in [2.05, 4.69) is 20.8 Å². The van der Waals surface area contributed by atoms with Gasteiger partial charge in [-0.3, -0.25) is 9.59 Å². The topological polar surface area (TPSA) is 93.0 Å². The highest BCUT2D eigenvalue weighted by Gasteiger charge is 2.47. The summed E-state index contributed by atoms with van der Waals surface area (Å²) in [5.41, 5.74) is 1.46. The van der Waals surface area contributed by atoms with Crippen LogP contribution in [0.5, 0.6) is 0 Å². The second-order valence-electron chi connectivity index (χ2n) is 9.70. The second-order valence-corrected chi connectivity index (χ2v) is 9.70. The van der Waals surface area contributed by atoms with Crippen molar-refractivity contribution in [2.45, 2.75) is 50.7 Å². The molecule has 4 aromatic rings. The van der Waals surface area contributed by atoms with Gasteiger partial charge in [0.15, 0.2) is 5.82 Å². The lowest BCUT2D eigenvalue weighted by molar-refractivity contribution is -0.125. The number of aromatic nitrogens is 4. The van der Waals surface area contributed by atoms with E-state index in [1.54, 1.807) is 4.68 Å². The summed E-state index contributed by atoms with van der Waals surface area (Å²) >= 11 is 0. The fraction of sp³-hybridized carbons (Fsp3) is 0.321. The van der Waals surface area contributed by atoms with Crippen LogP contribution in [-0.4, -0.2) is 49.0 Å². The number of carbonyl (C=O) groups excluding carboxylic acids is 2. The number of hydrogen-bond donors (Lipinski definition) is 1. The van der Waals surface area contributed by atoms with Crippen LogP contribution in [-0.2, 0) is 11.3 Å². The zero-order chi connectivity index (χ0) is 24.5. The van der Waals surface area contributed by atoms with E-state index in [1.807, 2.05) is 77.7 Å². The Morgan fingerprint density at radius 1 is 0.917 bits per heavy atom. The van der Waals surface area contributed by atoms with E-state index in [9.17, 15) is 9.59 Å². The number of tetrazole rings is 1. The molecule has 2 aliphatic rings. The minimum atomic E-state index is -0.502. The molecule has 6 rings (SSSR count). The summed E-state index contributed by atoms with van der Waals surface area (Å²) < 4.78 is 1.62. The zero-order valence-corrected chi connectivity index (χ0v) is 20.0. The van der Waals surface area contributed by atoms with Crippen molar-refractivity contribution in [3.05, 3.63) is 84.2 Å². The summed E-state index contributed by atoms with van der Waals surface area (Å²) in [5.74, 6) is 0.677. The van der Waals surface area contributed by atoms with E-state index < -0.39 is 6.04 Å². The van der Waals surface area contributed by atoms with Gasteiger partial charge in [-0.2, -0.15) is 4.68 Å². The van der Waals surface area contributed by atoms with Gasteiger partial charge in [0, 0.05) is 11.6 Å². The number of hydrogen-bond acceptors (Lipinski definition) is 5. The van der Waals surface area contributed by atoms with E-state index in [4.69, 9.17) is 0 Å². The number of carbonyl (C=O) groups is 2. The minimum absolute atomic E-state index is 0.0653. The highest BCUT2D eigenvalue weighted by atomic mass is 16.2. The van der Waals surface area contributed by atoms with Gasteiger partial charge in [-0.05, 0) is 70.6 Å². The maximum Gasteiger partial charge on any atom is 0.254 e. The van der Waals surface area contributed by atoms with Crippen LogP contribution in [0.15, 0.2) is 72.8 Å². The van der Waals surface area contributed by atoms with E-state index in [-0.39, 0.29) is 24.4 Å². The average molecular weight is 481 g/mol. The van der Waals surface area contributed by atoms with Crippen molar-refractivity contribution in [1.82, 2.24) is 30.4 Å². The van der Waals surface area contributed by atoms with Gasteiger partial charge in [-0.1, -0.05) is 61.4 Å². The van der Waals surface area contributed by atoms with Gasteiger partial charge in [0.25, 0.3) is 5.91 Å². The second kappa shape index (κ2) is 9.53. The average Bonchev–Trinajstić information content (AvgIpc) is 3.56. The zero-order valence-electron chi connectivity index (χ0n) is 20.0. The van der Waals surface area contributed by atoms with Crippen molar-refractivity contribution in [3.63, 3.8) is 0 Å². The third kappa shape index (κ3) is 4.12. The Morgan fingerprint density at radius 3 is 2.56 bits per heavy atom. The molecule has 1 aliphatic carbocycles. The maximum atomic E-state index is 13.8. The monoisotopic (exact) mass is 480 g/mol. The minimum Gasteiger partial charge on any atom is -0.347 e. The predicted octanol–water partition coefficient (Wildman–Crippen LogP) is 3.91. The number of para-hydroxylation sites is 1. The van der Waals surface area contributed by atoms with Crippen molar-refractivity contribution in [1.29, 1.82) is 0 Å². The molecule has 36 heavy (non-hydrogen) atoms. The fourth-order valence-electron chi connectivity index (χ4n) is 5.83. The molecule has 1 N–H and O–H groups in total. The Kier molecular flexibility index (Phi) is 5.93. The lowest BCUT2D eigenvalue weighted by Gasteiger charge is -2.33. The first-order valence-corrected chi connectivity index (χ1v) is 12.6. The molecular formula is C28H28N6O2. The SMILES string of the molecule is O=C(NCc1nnnn1-c1ccccc1)[C@@H]1C[C@@H]2CCCC[C@@H]2N1C(=O)c1ccc2ccccc2c1. The van der Waals surface area contributed by atoms with Crippen LogP contribution < -0.4 is 5.32 Å². The highest BCUT2D eigenvalue weighted by Crippen LogP contribution is 2.40. The molecule has 2 heterocycles. The molecule has 2 fully saturated rings. The molecule has 182 valence electrons. The van der Waals surface area contributed by atoms with Crippen LogP contribution in [0, 0.1) is 5.92 Å². The molecule has 3 atom stereocenters. The first-order valence-electron chi connectivity index (χ1n) is 12.6. The van der Waals surface area contributed by atoms with Gasteiger partial charge in [-0.25, -0.2) is 0 Å². The highest BCUT2D eigenvalue weighted by molar-refractivity contribution is 6.01. The molecule has 1 aliphatic heterocycles. The summed E-state index contributed by atoms with van der Waals surface area (Å²) in [4.78, 5) is 29.2. The third-order valence-corrected chi connectivity index (χ3v) is 7.58. The lowest BCUT2D eigenvalue weighted by Crippen LogP contribution is -2.49. The molecule has 3 aromatic carbocycles. The Hall–Kier alpha value is -4.07. The van der Waals surface area contributed by atoms with Crippen LogP contribution in [0.4, 0.5) is 0 Å². The van der Waals surface area contributed by atoms with Crippen LogP contribution in [0.1, 0.15) is 48.3 Å². The van der Waals surface area contributed by atoms with E-state index in [0.717, 1.165) is 42.1 Å². The van der Waals surface area contributed by atoms with Gasteiger partial charge in [-0.15, -0.1) is 5.10 Å². The van der Waals surface area contributed by atoms with Crippen LogP contribution in [0.25, 0.3) is 16.5 Å². The fourth-order valence-corrected chi connectivity index (χ4v) is 5.83. The van der Waals surface area contributed by atoms with E-state index >= 15 is 0 Å². The molecule has 0 bridgehead atoms. The largest absolute Gasteiger partial charge is 0.347 e. The number of amides is 2. The van der Waals surface area contributed by atoms with E-state index in [0.29, 0.717) is 23.7 Å². The van der Waals surface area contributed by atoms with E-state index in [1.165, 1.54) is 0 Å².